The Labute approximate surface area is 153 Å². The van der Waals surface area contributed by atoms with E-state index >= 15 is 0 Å². The van der Waals surface area contributed by atoms with Gasteiger partial charge in [-0.3, -0.25) is 4.99 Å². The average molecular weight is 385 g/mol. The number of aliphatic imine (C=N–C) groups is 1. The van der Waals surface area contributed by atoms with Gasteiger partial charge in [0.05, 0.1) is 31.4 Å². The summed E-state index contributed by atoms with van der Waals surface area (Å²) in [5.41, 5.74) is 1.62. The Morgan fingerprint density at radius 1 is 0.957 bits per heavy atom. The number of anilines is 1. The van der Waals surface area contributed by atoms with E-state index in [1.54, 1.807) is 36.4 Å². The van der Waals surface area contributed by atoms with Crippen molar-refractivity contribution in [1.82, 2.24) is 0 Å². The molecular weight excluding hydrogens is 376 g/mol. The Balaban J connectivity index is 2.12. The largest absolute Gasteiger partial charge is 0.360 e. The molecule has 0 unspecified atom stereocenters. The summed E-state index contributed by atoms with van der Waals surface area (Å²) in [6.07, 6.45) is 2.94. The lowest BCUT2D eigenvalue weighted by atomic mass is 10.3. The van der Waals surface area contributed by atoms with Crippen molar-refractivity contribution in [3.63, 3.8) is 0 Å². The van der Waals surface area contributed by atoms with Crippen molar-refractivity contribution in [1.29, 1.82) is 5.26 Å². The average Bonchev–Trinajstić information content (AvgIpc) is 2.54. The lowest BCUT2D eigenvalue weighted by Gasteiger charge is -2.02. The Morgan fingerprint density at radius 2 is 1.61 bits per heavy atom. The Kier molecular flexibility index (Phi) is 6.32. The van der Waals surface area contributed by atoms with Crippen LogP contribution in [0.2, 0.25) is 20.1 Å². The van der Waals surface area contributed by atoms with Crippen LogP contribution in [0.4, 0.5) is 11.4 Å². The number of hydrogen-bond donors (Lipinski definition) is 1. The van der Waals surface area contributed by atoms with Crippen LogP contribution in [0.15, 0.2) is 53.2 Å². The van der Waals surface area contributed by atoms with Crippen LogP contribution in [-0.4, -0.2) is 6.21 Å². The fourth-order valence-corrected chi connectivity index (χ4v) is 2.15. The first-order valence-electron chi connectivity index (χ1n) is 6.30. The molecule has 2 aromatic rings. The summed E-state index contributed by atoms with van der Waals surface area (Å²) in [6.45, 7) is 0. The van der Waals surface area contributed by atoms with E-state index in [2.05, 4.69) is 10.3 Å². The second-order valence-electron chi connectivity index (χ2n) is 4.34. The Morgan fingerprint density at radius 3 is 2.22 bits per heavy atom. The minimum absolute atomic E-state index is 0.321. The summed E-state index contributed by atoms with van der Waals surface area (Å²) in [6, 6.07) is 12.0. The van der Waals surface area contributed by atoms with Crippen molar-refractivity contribution in [3.8, 4) is 6.07 Å². The highest BCUT2D eigenvalue weighted by Gasteiger charge is 2.00. The van der Waals surface area contributed by atoms with Crippen LogP contribution in [0.5, 0.6) is 0 Å². The van der Waals surface area contributed by atoms with E-state index in [0.29, 0.717) is 37.0 Å². The monoisotopic (exact) mass is 383 g/mol. The maximum Gasteiger partial charge on any atom is 0.102 e. The van der Waals surface area contributed by atoms with Crippen molar-refractivity contribution in [2.45, 2.75) is 0 Å². The van der Waals surface area contributed by atoms with Gasteiger partial charge in [-0.1, -0.05) is 46.4 Å². The first-order valence-corrected chi connectivity index (χ1v) is 7.82. The van der Waals surface area contributed by atoms with E-state index in [9.17, 15) is 0 Å². The lowest BCUT2D eigenvalue weighted by molar-refractivity contribution is 1.48. The molecule has 1 N–H and O–H groups in total. The number of rotatable bonds is 4. The van der Waals surface area contributed by atoms with Crippen molar-refractivity contribution in [3.05, 3.63) is 68.3 Å². The third-order valence-electron chi connectivity index (χ3n) is 2.70. The van der Waals surface area contributed by atoms with Crippen LogP contribution >= 0.6 is 46.4 Å². The molecule has 0 heterocycles. The summed E-state index contributed by atoms with van der Waals surface area (Å²) in [5, 5.41) is 13.8. The van der Waals surface area contributed by atoms with Gasteiger partial charge in [0.2, 0.25) is 0 Å². The van der Waals surface area contributed by atoms with Gasteiger partial charge in [-0.05, 0) is 36.4 Å². The molecule has 2 aromatic carbocycles. The smallest absolute Gasteiger partial charge is 0.102 e. The minimum atomic E-state index is 0.321. The van der Waals surface area contributed by atoms with Gasteiger partial charge in [0.15, 0.2) is 0 Å². The van der Waals surface area contributed by atoms with E-state index in [1.807, 2.05) is 6.07 Å². The molecule has 0 atom stereocenters. The number of benzene rings is 2. The summed E-state index contributed by atoms with van der Waals surface area (Å²) in [4.78, 5) is 4.18. The summed E-state index contributed by atoms with van der Waals surface area (Å²) in [7, 11) is 0. The van der Waals surface area contributed by atoms with Crippen molar-refractivity contribution >= 4 is 64.0 Å². The van der Waals surface area contributed by atoms with Gasteiger partial charge in [-0.25, -0.2) is 0 Å². The molecule has 0 aliphatic carbocycles. The molecule has 0 spiro atoms. The molecule has 7 heteroatoms. The summed E-state index contributed by atoms with van der Waals surface area (Å²) in [5.74, 6) is 0. The fraction of sp³-hybridized carbons (Fsp3) is 0. The van der Waals surface area contributed by atoms with Gasteiger partial charge >= 0.3 is 0 Å². The SMILES string of the molecule is N#C/C(C=Nc1ccc(Cl)c(Cl)c1)=C\Nc1ccc(Cl)c(Cl)c1. The van der Waals surface area contributed by atoms with Gasteiger partial charge in [-0.2, -0.15) is 5.26 Å². The minimum Gasteiger partial charge on any atom is -0.360 e. The van der Waals surface area contributed by atoms with Crippen molar-refractivity contribution in [2.24, 2.45) is 4.99 Å². The lowest BCUT2D eigenvalue weighted by Crippen LogP contribution is -1.91. The van der Waals surface area contributed by atoms with Crippen LogP contribution in [0.1, 0.15) is 0 Å². The van der Waals surface area contributed by atoms with Gasteiger partial charge < -0.3 is 5.32 Å². The Bertz CT molecular complexity index is 823. The molecule has 23 heavy (non-hydrogen) atoms. The molecule has 116 valence electrons. The fourth-order valence-electron chi connectivity index (χ4n) is 1.55. The molecule has 0 amide bonds. The normalized spacial score (nSPS) is 11.5. The molecule has 0 saturated carbocycles. The zero-order chi connectivity index (χ0) is 16.8. The molecule has 0 saturated heterocycles. The number of halogens is 4. The molecule has 2 rings (SSSR count). The van der Waals surface area contributed by atoms with Gasteiger partial charge in [-0.15, -0.1) is 0 Å². The predicted molar refractivity (Wildman–Crippen MR) is 98.4 cm³/mol. The van der Waals surface area contributed by atoms with Crippen molar-refractivity contribution < 1.29 is 0 Å². The summed E-state index contributed by atoms with van der Waals surface area (Å²) < 4.78 is 0. The highest BCUT2D eigenvalue weighted by Crippen LogP contribution is 2.27. The van der Waals surface area contributed by atoms with E-state index in [-0.39, 0.29) is 0 Å². The summed E-state index contributed by atoms with van der Waals surface area (Å²) >= 11 is 23.5. The zero-order valence-electron chi connectivity index (χ0n) is 11.5. The second-order valence-corrected chi connectivity index (χ2v) is 5.97. The number of hydrogen-bond acceptors (Lipinski definition) is 3. The quantitative estimate of drug-likeness (QED) is 0.481. The maximum absolute atomic E-state index is 9.14. The third kappa shape index (κ3) is 5.16. The molecule has 0 bridgehead atoms. The molecule has 3 nitrogen and oxygen atoms in total. The van der Waals surface area contributed by atoms with E-state index in [1.165, 1.54) is 12.4 Å². The van der Waals surface area contributed by atoms with Crippen LogP contribution in [0.3, 0.4) is 0 Å². The van der Waals surface area contributed by atoms with Crippen LogP contribution in [-0.2, 0) is 0 Å². The number of nitriles is 1. The van der Waals surface area contributed by atoms with E-state index in [0.717, 1.165) is 0 Å². The number of nitrogens with one attached hydrogen (secondary N) is 1. The molecule has 0 fully saturated rings. The molecule has 0 aliphatic heterocycles. The third-order valence-corrected chi connectivity index (χ3v) is 4.18. The van der Waals surface area contributed by atoms with Gasteiger partial charge in [0, 0.05) is 18.1 Å². The molecule has 0 radical (unpaired) electrons. The highest BCUT2D eigenvalue weighted by atomic mass is 35.5. The first kappa shape index (κ1) is 17.7. The predicted octanol–water partition coefficient (Wildman–Crippen LogP) is 6.52. The Hall–Kier alpha value is -1.70. The molecule has 0 aliphatic rings. The molecule has 0 aromatic heterocycles. The zero-order valence-corrected chi connectivity index (χ0v) is 14.5. The van der Waals surface area contributed by atoms with Crippen LogP contribution in [0.25, 0.3) is 0 Å². The topological polar surface area (TPSA) is 48.2 Å². The molecular formula is C16H9Cl4N3. The van der Waals surface area contributed by atoms with E-state index < -0.39 is 0 Å². The standard InChI is InChI=1S/C16H9Cl4N3/c17-13-3-1-11(5-15(13)19)22-8-10(7-21)9-23-12-2-4-14(18)16(20)6-12/h1-6,8-9,22H/b10-8+,23-9?. The number of allylic oxidation sites excluding steroid dienone is 1. The van der Waals surface area contributed by atoms with Crippen LogP contribution < -0.4 is 5.32 Å². The first-order chi connectivity index (χ1) is 11.0. The number of nitrogens with zero attached hydrogens (tertiary/aromatic N) is 2. The second kappa shape index (κ2) is 8.24. The van der Waals surface area contributed by atoms with Crippen molar-refractivity contribution in [2.75, 3.05) is 5.32 Å². The highest BCUT2D eigenvalue weighted by molar-refractivity contribution is 6.42. The van der Waals surface area contributed by atoms with Gasteiger partial charge in [0.1, 0.15) is 6.07 Å². The van der Waals surface area contributed by atoms with E-state index in [4.69, 9.17) is 51.7 Å². The van der Waals surface area contributed by atoms with Crippen LogP contribution in [0, 0.1) is 11.3 Å². The maximum atomic E-state index is 9.14. The van der Waals surface area contributed by atoms with Gasteiger partial charge in [0.25, 0.3) is 0 Å².